The van der Waals surface area contributed by atoms with Crippen molar-refractivity contribution in [2.45, 2.75) is 91.9 Å². The average molecular weight is 548 g/mol. The van der Waals surface area contributed by atoms with E-state index in [0.717, 1.165) is 0 Å². The maximum atomic E-state index is 14.0. The van der Waals surface area contributed by atoms with Gasteiger partial charge in [0, 0.05) is 24.5 Å². The van der Waals surface area contributed by atoms with Gasteiger partial charge in [-0.1, -0.05) is 34.6 Å². The predicted octanol–water partition coefficient (Wildman–Crippen LogP) is 0.498. The van der Waals surface area contributed by atoms with Gasteiger partial charge in [0.05, 0.1) is 6.04 Å². The Labute approximate surface area is 230 Å². The van der Waals surface area contributed by atoms with Gasteiger partial charge in [0.2, 0.25) is 17.7 Å². The van der Waals surface area contributed by atoms with E-state index in [1.165, 1.54) is 4.90 Å². The molecule has 6 atom stereocenters. The number of fused-ring (bicyclic) bond motifs is 1. The largest absolute Gasteiger partial charge is 0.364 e. The van der Waals surface area contributed by atoms with Crippen molar-refractivity contribution in [1.82, 2.24) is 26.2 Å². The fourth-order valence-electron chi connectivity index (χ4n) is 5.97. The minimum absolute atomic E-state index is 0.0661. The molecular weight excluding hydrogens is 502 g/mol. The number of nitrogens with one attached hydrogen (secondary N) is 5. The normalized spacial score (nSPS) is 27.1. The van der Waals surface area contributed by atoms with Gasteiger partial charge in [-0.2, -0.15) is 0 Å². The molecule has 0 spiro atoms. The molecule has 0 aromatic rings. The standard InChI is InChI=1S/C27H45N7O5/c1-25(2,3)19(32-24(39)33-26(4,5)6)23(38)34-12-14-16(27(14,7)8)18(34)22(37)31-15(17(28)20(29)35)11-13-9-10-30-21(13)36/h13-16,18-19,28H,9-12H2,1-8H3,(H2,29,35)(H,30,36)(H,31,37)(H2,32,33,39)/t13-,14-,15-,16-,18-,19+/m0/s1. The van der Waals surface area contributed by atoms with Gasteiger partial charge >= 0.3 is 6.03 Å². The first-order chi connectivity index (χ1) is 17.8. The van der Waals surface area contributed by atoms with Crippen molar-refractivity contribution in [3.63, 3.8) is 0 Å². The number of nitrogens with zero attached hydrogens (tertiary/aromatic N) is 1. The van der Waals surface area contributed by atoms with Crippen LogP contribution in [0.15, 0.2) is 0 Å². The number of piperidine rings is 1. The Bertz CT molecular complexity index is 1060. The molecule has 0 aromatic heterocycles. The molecule has 2 heterocycles. The van der Waals surface area contributed by atoms with Crippen LogP contribution < -0.4 is 27.0 Å². The van der Waals surface area contributed by atoms with Crippen molar-refractivity contribution in [1.29, 1.82) is 5.41 Å². The summed E-state index contributed by atoms with van der Waals surface area (Å²) < 4.78 is 0. The Balaban J connectivity index is 1.86. The molecule has 218 valence electrons. The summed E-state index contributed by atoms with van der Waals surface area (Å²) >= 11 is 0. The molecule has 0 radical (unpaired) electrons. The fourth-order valence-corrected chi connectivity index (χ4v) is 5.97. The SMILES string of the molecule is CC(C)(C)NC(=O)N[C@H](C(=O)N1C[C@H]2[C@@H]([C@H]1C(=O)N[C@@H](C[C@@H]1CCNC1=O)C(=N)C(N)=O)C2(C)C)C(C)(C)C. The molecule has 0 unspecified atom stereocenters. The Morgan fingerprint density at radius 3 is 2.23 bits per heavy atom. The van der Waals surface area contributed by atoms with Gasteiger partial charge in [-0.15, -0.1) is 0 Å². The summed E-state index contributed by atoms with van der Waals surface area (Å²) in [6.45, 7) is 16.0. The van der Waals surface area contributed by atoms with Crippen molar-refractivity contribution >= 4 is 35.4 Å². The number of nitrogens with two attached hydrogens (primary N) is 1. The van der Waals surface area contributed by atoms with E-state index < -0.39 is 58.6 Å². The van der Waals surface area contributed by atoms with Gasteiger partial charge < -0.3 is 31.9 Å². The zero-order valence-corrected chi connectivity index (χ0v) is 24.4. The second kappa shape index (κ2) is 10.4. The number of urea groups is 1. The summed E-state index contributed by atoms with van der Waals surface area (Å²) in [4.78, 5) is 66.1. The van der Waals surface area contributed by atoms with Crippen molar-refractivity contribution in [3.05, 3.63) is 0 Å². The molecule has 3 aliphatic rings. The second-order valence-corrected chi connectivity index (χ2v) is 13.9. The summed E-state index contributed by atoms with van der Waals surface area (Å²) in [6.07, 6.45) is 0.592. The Hall–Kier alpha value is -3.18. The molecule has 3 fully saturated rings. The highest BCUT2D eigenvalue weighted by molar-refractivity contribution is 6.39. The van der Waals surface area contributed by atoms with E-state index in [1.54, 1.807) is 0 Å². The van der Waals surface area contributed by atoms with Crippen molar-refractivity contribution in [2.24, 2.45) is 34.3 Å². The van der Waals surface area contributed by atoms with Gasteiger partial charge in [-0.3, -0.25) is 24.6 Å². The van der Waals surface area contributed by atoms with Crippen LogP contribution in [-0.2, 0) is 19.2 Å². The predicted molar refractivity (Wildman–Crippen MR) is 146 cm³/mol. The van der Waals surface area contributed by atoms with Crippen LogP contribution in [0.4, 0.5) is 4.79 Å². The number of rotatable bonds is 8. The molecule has 2 saturated heterocycles. The zero-order valence-electron chi connectivity index (χ0n) is 24.4. The van der Waals surface area contributed by atoms with E-state index in [4.69, 9.17) is 11.1 Å². The lowest BCUT2D eigenvalue weighted by atomic mass is 9.85. The molecule has 0 aromatic carbocycles. The summed E-state index contributed by atoms with van der Waals surface area (Å²) in [6, 6.07) is -3.30. The lowest BCUT2D eigenvalue weighted by Gasteiger charge is -2.38. The highest BCUT2D eigenvalue weighted by Crippen LogP contribution is 2.65. The van der Waals surface area contributed by atoms with E-state index in [2.05, 4.69) is 21.3 Å². The van der Waals surface area contributed by atoms with Crippen molar-refractivity contribution in [2.75, 3.05) is 13.1 Å². The van der Waals surface area contributed by atoms with Crippen LogP contribution in [0.3, 0.4) is 0 Å². The molecule has 1 saturated carbocycles. The average Bonchev–Trinajstić information content (AvgIpc) is 3.14. The topological polar surface area (TPSA) is 187 Å². The lowest BCUT2D eigenvalue weighted by molar-refractivity contribution is -0.143. The number of carbonyl (C=O) groups excluding carboxylic acids is 5. The van der Waals surface area contributed by atoms with Crippen LogP contribution in [-0.4, -0.2) is 77.0 Å². The molecule has 7 N–H and O–H groups in total. The van der Waals surface area contributed by atoms with E-state index in [-0.39, 0.29) is 35.5 Å². The number of primary amides is 1. The molecule has 39 heavy (non-hydrogen) atoms. The van der Waals surface area contributed by atoms with Crippen LogP contribution in [0, 0.1) is 34.0 Å². The monoisotopic (exact) mass is 547 g/mol. The Kier molecular flexibility index (Phi) is 8.11. The Morgan fingerprint density at radius 1 is 1.13 bits per heavy atom. The first-order valence-corrected chi connectivity index (χ1v) is 13.6. The van der Waals surface area contributed by atoms with Gasteiger partial charge in [0.15, 0.2) is 0 Å². The second-order valence-electron chi connectivity index (χ2n) is 13.9. The van der Waals surface area contributed by atoms with Gasteiger partial charge in [0.1, 0.15) is 17.8 Å². The van der Waals surface area contributed by atoms with Crippen LogP contribution in [0.1, 0.15) is 68.2 Å². The third-order valence-electron chi connectivity index (χ3n) is 8.25. The number of hydrogen-bond donors (Lipinski definition) is 6. The summed E-state index contributed by atoms with van der Waals surface area (Å²) in [5, 5.41) is 19.3. The smallest absolute Gasteiger partial charge is 0.315 e. The van der Waals surface area contributed by atoms with Crippen molar-refractivity contribution in [3.8, 4) is 0 Å². The maximum absolute atomic E-state index is 14.0. The van der Waals surface area contributed by atoms with Crippen LogP contribution >= 0.6 is 0 Å². The lowest BCUT2D eigenvalue weighted by Crippen LogP contribution is -2.62. The fraction of sp³-hybridized carbons (Fsp3) is 0.778. The first-order valence-electron chi connectivity index (χ1n) is 13.6. The van der Waals surface area contributed by atoms with Gasteiger partial charge in [0.25, 0.3) is 5.91 Å². The van der Waals surface area contributed by atoms with E-state index in [0.29, 0.717) is 19.5 Å². The molecular formula is C27H45N7O5. The highest BCUT2D eigenvalue weighted by Gasteiger charge is 2.69. The molecule has 12 heteroatoms. The summed E-state index contributed by atoms with van der Waals surface area (Å²) in [7, 11) is 0. The summed E-state index contributed by atoms with van der Waals surface area (Å²) in [5.74, 6) is -2.53. The Morgan fingerprint density at radius 2 is 1.74 bits per heavy atom. The number of carbonyl (C=O) groups is 5. The minimum Gasteiger partial charge on any atom is -0.364 e. The summed E-state index contributed by atoms with van der Waals surface area (Å²) in [5.41, 5.74) is 3.56. The van der Waals surface area contributed by atoms with Crippen LogP contribution in [0.25, 0.3) is 0 Å². The molecule has 3 rings (SSSR count). The zero-order chi connectivity index (χ0) is 29.7. The quantitative estimate of drug-likeness (QED) is 0.241. The molecule has 0 bridgehead atoms. The third-order valence-corrected chi connectivity index (χ3v) is 8.25. The third kappa shape index (κ3) is 6.52. The highest BCUT2D eigenvalue weighted by atomic mass is 16.2. The van der Waals surface area contributed by atoms with Crippen LogP contribution in [0.2, 0.25) is 0 Å². The van der Waals surface area contributed by atoms with E-state index >= 15 is 0 Å². The van der Waals surface area contributed by atoms with E-state index in [9.17, 15) is 24.0 Å². The number of amides is 6. The molecule has 2 aliphatic heterocycles. The maximum Gasteiger partial charge on any atom is 0.315 e. The molecule has 12 nitrogen and oxygen atoms in total. The molecule has 6 amide bonds. The van der Waals surface area contributed by atoms with Gasteiger partial charge in [-0.25, -0.2) is 4.79 Å². The number of hydrogen-bond acceptors (Lipinski definition) is 6. The van der Waals surface area contributed by atoms with Gasteiger partial charge in [-0.05, 0) is 56.3 Å². The molecule has 1 aliphatic carbocycles. The van der Waals surface area contributed by atoms with Crippen LogP contribution in [0.5, 0.6) is 0 Å². The first kappa shape index (κ1) is 30.4. The van der Waals surface area contributed by atoms with Crippen molar-refractivity contribution < 1.29 is 24.0 Å². The number of likely N-dealkylation sites (tertiary alicyclic amines) is 1. The minimum atomic E-state index is -1.06. The van der Waals surface area contributed by atoms with E-state index in [1.807, 2.05) is 55.4 Å².